The Labute approximate surface area is 694 Å². The molecule has 580 valence electrons. The van der Waals surface area contributed by atoms with E-state index in [1.807, 2.05) is 235 Å². The number of fused-ring (bicyclic) bond motifs is 15. The van der Waals surface area contributed by atoms with Gasteiger partial charge < -0.3 is 22.1 Å². The maximum Gasteiger partial charge on any atom is 0.232 e. The molecule has 0 fully saturated rings. The lowest BCUT2D eigenvalue weighted by atomic mass is 9.96. The van der Waals surface area contributed by atoms with Crippen LogP contribution < -0.4 is 22.8 Å². The molecule has 0 aliphatic heterocycles. The first-order valence-corrected chi connectivity index (χ1v) is 39.5. The van der Waals surface area contributed by atoms with Gasteiger partial charge in [0.25, 0.3) is 0 Å². The molecule has 0 bridgehead atoms. The third-order valence-electron chi connectivity index (χ3n) is 22.8. The first kappa shape index (κ1) is 78.3. The molecular formula is C105H85N10O5+5. The fourth-order valence-corrected chi connectivity index (χ4v) is 16.7. The van der Waals surface area contributed by atoms with Crippen molar-refractivity contribution in [2.75, 3.05) is 0 Å². The van der Waals surface area contributed by atoms with Gasteiger partial charge in [0.1, 0.15) is 85.5 Å². The van der Waals surface area contributed by atoms with Gasteiger partial charge in [-0.25, -0.2) is 27.7 Å². The van der Waals surface area contributed by atoms with E-state index in [-0.39, 0.29) is 0 Å². The Bertz CT molecular complexity index is 7810. The van der Waals surface area contributed by atoms with Gasteiger partial charge in [0, 0.05) is 115 Å². The van der Waals surface area contributed by atoms with Gasteiger partial charge in [-0.15, -0.1) is 0 Å². The molecule has 20 rings (SSSR count). The van der Waals surface area contributed by atoms with Gasteiger partial charge in [0.15, 0.2) is 36.6 Å². The van der Waals surface area contributed by atoms with Crippen LogP contribution in [0.1, 0.15) is 77.9 Å². The molecule has 0 N–H and O–H groups in total. The van der Waals surface area contributed by atoms with E-state index in [0.717, 1.165) is 205 Å². The molecule has 0 amide bonds. The fourth-order valence-electron chi connectivity index (χ4n) is 16.7. The van der Waals surface area contributed by atoms with Crippen LogP contribution in [0.15, 0.2) is 265 Å². The number of nitriles is 4. The van der Waals surface area contributed by atoms with Crippen molar-refractivity contribution in [1.29, 1.82) is 21.0 Å². The van der Waals surface area contributed by atoms with Gasteiger partial charge in [0.05, 0.1) is 80.9 Å². The lowest BCUT2D eigenvalue weighted by Gasteiger charge is -2.06. The number of aromatic nitrogens is 5. The molecule has 0 unspecified atom stereocenters. The van der Waals surface area contributed by atoms with Crippen LogP contribution in [0.2, 0.25) is 0 Å². The molecule has 0 aliphatic carbocycles. The summed E-state index contributed by atoms with van der Waals surface area (Å²) in [5.41, 5.74) is 33.3. The molecule has 120 heavy (non-hydrogen) atoms. The molecule has 20 aromatic rings. The van der Waals surface area contributed by atoms with E-state index in [4.69, 9.17) is 28.7 Å². The van der Waals surface area contributed by atoms with Crippen molar-refractivity contribution in [2.24, 2.45) is 35.2 Å². The summed E-state index contributed by atoms with van der Waals surface area (Å²) in [7, 11) is 10.2. The molecule has 0 saturated carbocycles. The zero-order valence-corrected chi connectivity index (χ0v) is 69.6. The van der Waals surface area contributed by atoms with Crippen LogP contribution in [0.3, 0.4) is 0 Å². The lowest BCUT2D eigenvalue weighted by Crippen LogP contribution is -2.30. The Morgan fingerprint density at radius 2 is 0.642 bits per heavy atom. The Kier molecular flexibility index (Phi) is 20.8. The van der Waals surface area contributed by atoms with Crippen molar-refractivity contribution < 1.29 is 44.9 Å². The minimum absolute atomic E-state index is 0.605. The average Bonchev–Trinajstić information content (AvgIpc) is 1.57. The summed E-state index contributed by atoms with van der Waals surface area (Å²) in [6.07, 6.45) is 10.2. The molecule has 15 nitrogen and oxygen atoms in total. The summed E-state index contributed by atoms with van der Waals surface area (Å²) < 4.78 is 41.2. The predicted molar refractivity (Wildman–Crippen MR) is 474 cm³/mol. The largest absolute Gasteiger partial charge is 0.467 e. The molecule has 0 aliphatic rings. The molecule has 10 aromatic heterocycles. The summed E-state index contributed by atoms with van der Waals surface area (Å²) >= 11 is 0. The third kappa shape index (κ3) is 14.2. The van der Waals surface area contributed by atoms with Gasteiger partial charge in [-0.1, -0.05) is 36.4 Å². The normalized spacial score (nSPS) is 11.1. The van der Waals surface area contributed by atoms with Gasteiger partial charge in [-0.05, 0) is 240 Å². The Balaban J connectivity index is 0.000000112. The number of benzene rings is 10. The van der Waals surface area contributed by atoms with Crippen LogP contribution in [0, 0.1) is 121 Å². The second-order valence-electron chi connectivity index (χ2n) is 31.1. The van der Waals surface area contributed by atoms with E-state index in [1.54, 1.807) is 0 Å². The summed E-state index contributed by atoms with van der Waals surface area (Å²) in [5.74, 6) is 0. The first-order valence-electron chi connectivity index (χ1n) is 39.5. The van der Waals surface area contributed by atoms with Crippen molar-refractivity contribution >= 4 is 115 Å². The molecule has 0 saturated heterocycles. The van der Waals surface area contributed by atoms with Crippen LogP contribution in [-0.2, 0) is 35.2 Å². The third-order valence-corrected chi connectivity index (χ3v) is 22.8. The number of furan rings is 5. The van der Waals surface area contributed by atoms with E-state index in [2.05, 4.69) is 165 Å². The molecular weight excluding hydrogens is 1480 g/mol. The standard InChI is InChI=1S/5C21H17N2O/c1-13-8-9-15-17-11-14(2)16(18-7-5-6-10-23(18)4)12-19(17)24-21(15)20(13)22-3;1-13-10-15(12-22)20-16-8-7-14(2)19(21(16)24-18(20)11-13)17-6-4-5-9-23(17)3;1-13-7-8-16-18(10-13)24-21-19(17-6-4-5-9-23(17)3)14(2)11-15(12-22)20(16)21;1-13-9-20-18(10-15(13)12-22)17-8-14(2)16(11-21(17)24-20)19-6-4-5-7-23(19)3;1-13-8-15(12-22)21-17-10-14(2)16(11-19(17)24-20(21)9-13)18-6-4-5-7-23(18)3/h5-12H,1-2,4H3;4*4-11H,1-3H3/q5*+1. The van der Waals surface area contributed by atoms with E-state index < -0.39 is 0 Å². The number of aryl methyl sites for hydroxylation is 15. The van der Waals surface area contributed by atoms with Crippen LogP contribution in [0.4, 0.5) is 5.69 Å². The van der Waals surface area contributed by atoms with Gasteiger partial charge in [-0.3, -0.25) is 0 Å². The number of rotatable bonds is 5. The summed E-state index contributed by atoms with van der Waals surface area (Å²) in [4.78, 5) is 3.66. The van der Waals surface area contributed by atoms with Gasteiger partial charge in [0.2, 0.25) is 34.2 Å². The molecule has 0 spiro atoms. The Morgan fingerprint density at radius 3 is 1.15 bits per heavy atom. The first-order chi connectivity index (χ1) is 57.9. The van der Waals surface area contributed by atoms with Crippen molar-refractivity contribution in [3.05, 3.63) is 333 Å². The van der Waals surface area contributed by atoms with Crippen molar-refractivity contribution in [1.82, 2.24) is 0 Å². The van der Waals surface area contributed by atoms with E-state index in [1.165, 1.54) is 11.1 Å². The van der Waals surface area contributed by atoms with Crippen LogP contribution in [0.5, 0.6) is 0 Å². The van der Waals surface area contributed by atoms with Crippen LogP contribution >= 0.6 is 0 Å². The topological polar surface area (TPSA) is 185 Å². The molecule has 10 aromatic carbocycles. The molecule has 0 atom stereocenters. The van der Waals surface area contributed by atoms with Crippen molar-refractivity contribution in [3.8, 4) is 80.6 Å². The minimum Gasteiger partial charge on any atom is -0.467 e. The highest BCUT2D eigenvalue weighted by atomic mass is 16.3. The van der Waals surface area contributed by atoms with Crippen molar-refractivity contribution in [3.63, 3.8) is 0 Å². The summed E-state index contributed by atoms with van der Waals surface area (Å²) in [6.45, 7) is 27.8. The summed E-state index contributed by atoms with van der Waals surface area (Å²) in [5, 5.41) is 47.7. The maximum absolute atomic E-state index is 9.61. The quantitative estimate of drug-likeness (QED) is 0.119. The van der Waals surface area contributed by atoms with Crippen LogP contribution in [-0.4, -0.2) is 0 Å². The average molecular weight is 1570 g/mol. The summed E-state index contributed by atoms with van der Waals surface area (Å²) in [6, 6.07) is 80.6. The Hall–Kier alpha value is -15.6. The monoisotopic (exact) mass is 1570 g/mol. The Morgan fingerprint density at radius 1 is 0.267 bits per heavy atom. The van der Waals surface area contributed by atoms with E-state index in [0.29, 0.717) is 33.5 Å². The van der Waals surface area contributed by atoms with E-state index >= 15 is 0 Å². The predicted octanol–water partition coefficient (Wildman–Crippen LogP) is 23.5. The second-order valence-corrected chi connectivity index (χ2v) is 31.1. The number of hydrogen-bond donors (Lipinski definition) is 0. The van der Waals surface area contributed by atoms with Crippen molar-refractivity contribution in [2.45, 2.75) is 69.2 Å². The maximum atomic E-state index is 9.61. The zero-order valence-electron chi connectivity index (χ0n) is 69.6. The minimum atomic E-state index is 0.605. The molecule has 10 heterocycles. The molecule has 15 heteroatoms. The highest BCUT2D eigenvalue weighted by Crippen LogP contribution is 2.44. The second kappa shape index (κ2) is 31.9. The highest BCUT2D eigenvalue weighted by Gasteiger charge is 2.27. The molecule has 0 radical (unpaired) electrons. The van der Waals surface area contributed by atoms with E-state index in [9.17, 15) is 21.0 Å². The number of nitrogens with zero attached hydrogens (tertiary/aromatic N) is 10. The van der Waals surface area contributed by atoms with Gasteiger partial charge in [-0.2, -0.15) is 21.0 Å². The lowest BCUT2D eigenvalue weighted by molar-refractivity contribution is -0.660. The highest BCUT2D eigenvalue weighted by molar-refractivity contribution is 6.15. The fraction of sp³-hybridized carbons (Fsp3) is 0.143. The zero-order chi connectivity index (χ0) is 84.2. The SMILES string of the molecule is Cc1cc(C#N)c2c(c1)oc1c(-c3cccc[n+]3C)c(C)ccc12.Cc1cc(C#N)c2c(c1)oc1cc(-c3cccc[n+]3C)c(C)cc12.Cc1cc2oc3cc(-c4cccc[n+]4C)c(C)cc3c2cc1C#N.Cc1ccc2c(c1)oc1c(-c3cccc[n+]3C)c(C)cc(C#N)c12.[C-]#[N+]c1c(C)ccc2c1oc1cc(-c3cccc[n+]3C)c(C)cc12. The smallest absolute Gasteiger partial charge is 0.232 e. The number of pyridine rings is 5. The number of hydrogen-bond acceptors (Lipinski definition) is 9. The van der Waals surface area contributed by atoms with Gasteiger partial charge >= 0.3 is 0 Å². The van der Waals surface area contributed by atoms with Crippen LogP contribution in [0.25, 0.3) is 171 Å².